The highest BCUT2D eigenvalue weighted by Crippen LogP contribution is 2.21. The zero-order chi connectivity index (χ0) is 13.1. The summed E-state index contributed by atoms with van der Waals surface area (Å²) < 4.78 is 5.69. The Morgan fingerprint density at radius 3 is 3.00 bits per heavy atom. The van der Waals surface area contributed by atoms with Crippen LogP contribution >= 0.6 is 0 Å². The summed E-state index contributed by atoms with van der Waals surface area (Å²) in [5, 5.41) is 3.28. The summed E-state index contributed by atoms with van der Waals surface area (Å²) >= 11 is 0. The molecular formula is C13H19N3O2. The van der Waals surface area contributed by atoms with Crippen molar-refractivity contribution in [2.75, 3.05) is 19.7 Å². The number of rotatable bonds is 4. The second-order valence-corrected chi connectivity index (χ2v) is 4.79. The number of pyridine rings is 1. The van der Waals surface area contributed by atoms with Crippen molar-refractivity contribution in [3.63, 3.8) is 0 Å². The van der Waals surface area contributed by atoms with Crippen molar-refractivity contribution in [2.24, 2.45) is 11.7 Å². The van der Waals surface area contributed by atoms with Crippen LogP contribution in [0.2, 0.25) is 0 Å². The monoisotopic (exact) mass is 249 g/mol. The zero-order valence-electron chi connectivity index (χ0n) is 10.8. The van der Waals surface area contributed by atoms with E-state index in [1.165, 1.54) is 0 Å². The lowest BCUT2D eigenvalue weighted by atomic mass is 10.1. The lowest BCUT2D eigenvalue weighted by Crippen LogP contribution is -2.20. The van der Waals surface area contributed by atoms with E-state index in [9.17, 15) is 4.79 Å². The van der Waals surface area contributed by atoms with Crippen molar-refractivity contribution in [1.29, 1.82) is 0 Å². The molecular weight excluding hydrogens is 230 g/mol. The van der Waals surface area contributed by atoms with E-state index in [-0.39, 0.29) is 0 Å². The number of primary amides is 1. The van der Waals surface area contributed by atoms with E-state index in [1.807, 2.05) is 19.9 Å². The van der Waals surface area contributed by atoms with Gasteiger partial charge in [-0.3, -0.25) is 4.79 Å². The summed E-state index contributed by atoms with van der Waals surface area (Å²) in [6.45, 7) is 6.28. The first kappa shape index (κ1) is 12.8. The number of hydrogen-bond donors (Lipinski definition) is 2. The highest BCUT2D eigenvalue weighted by Gasteiger charge is 2.19. The van der Waals surface area contributed by atoms with Crippen LogP contribution < -0.4 is 15.8 Å². The zero-order valence-corrected chi connectivity index (χ0v) is 10.8. The Morgan fingerprint density at radius 1 is 1.61 bits per heavy atom. The van der Waals surface area contributed by atoms with Crippen LogP contribution in [0.15, 0.2) is 6.07 Å². The van der Waals surface area contributed by atoms with Gasteiger partial charge in [-0.05, 0) is 38.4 Å². The van der Waals surface area contributed by atoms with Crippen molar-refractivity contribution in [1.82, 2.24) is 10.3 Å². The third-order valence-electron chi connectivity index (χ3n) is 3.18. The molecule has 1 fully saturated rings. The van der Waals surface area contributed by atoms with Crippen molar-refractivity contribution in [2.45, 2.75) is 20.3 Å². The van der Waals surface area contributed by atoms with Gasteiger partial charge in [-0.2, -0.15) is 0 Å². The van der Waals surface area contributed by atoms with Crippen molar-refractivity contribution < 1.29 is 9.53 Å². The number of carbonyl (C=O) groups is 1. The van der Waals surface area contributed by atoms with E-state index in [0.29, 0.717) is 24.0 Å². The molecule has 3 N–H and O–H groups in total. The Bertz CT molecular complexity index is 454. The van der Waals surface area contributed by atoms with E-state index in [0.717, 1.165) is 30.8 Å². The molecule has 2 heterocycles. The maximum Gasteiger partial charge on any atom is 0.254 e. The lowest BCUT2D eigenvalue weighted by molar-refractivity contribution is 0.0993. The Morgan fingerprint density at radius 2 is 2.39 bits per heavy atom. The Balaban J connectivity index is 2.16. The molecule has 5 heteroatoms. The number of amides is 1. The van der Waals surface area contributed by atoms with Crippen LogP contribution in [0.4, 0.5) is 0 Å². The molecule has 1 aliphatic heterocycles. The van der Waals surface area contributed by atoms with E-state index < -0.39 is 5.91 Å². The van der Waals surface area contributed by atoms with Gasteiger partial charge in [0, 0.05) is 18.2 Å². The molecule has 1 aliphatic rings. The van der Waals surface area contributed by atoms with Crippen molar-refractivity contribution in [3.8, 4) is 5.88 Å². The molecule has 5 nitrogen and oxygen atoms in total. The highest BCUT2D eigenvalue weighted by molar-refractivity contribution is 5.96. The largest absolute Gasteiger partial charge is 0.477 e. The van der Waals surface area contributed by atoms with Gasteiger partial charge in [-0.1, -0.05) is 0 Å². The molecule has 98 valence electrons. The van der Waals surface area contributed by atoms with Crippen LogP contribution in [0.3, 0.4) is 0 Å². The third-order valence-corrected chi connectivity index (χ3v) is 3.18. The molecule has 1 unspecified atom stereocenters. The Kier molecular flexibility index (Phi) is 3.81. The van der Waals surface area contributed by atoms with Crippen LogP contribution in [0.1, 0.15) is 28.0 Å². The molecule has 0 aromatic carbocycles. The fraction of sp³-hybridized carbons (Fsp3) is 0.538. The molecule has 18 heavy (non-hydrogen) atoms. The fourth-order valence-corrected chi connectivity index (χ4v) is 2.26. The van der Waals surface area contributed by atoms with E-state index >= 15 is 0 Å². The summed E-state index contributed by atoms with van der Waals surface area (Å²) in [7, 11) is 0. The molecule has 1 atom stereocenters. The van der Waals surface area contributed by atoms with Gasteiger partial charge < -0.3 is 15.8 Å². The first-order chi connectivity index (χ1) is 8.58. The van der Waals surface area contributed by atoms with Gasteiger partial charge in [-0.15, -0.1) is 0 Å². The quantitative estimate of drug-likeness (QED) is 0.827. The second-order valence-electron chi connectivity index (χ2n) is 4.79. The predicted octanol–water partition coefficient (Wildman–Crippen LogP) is 0.786. The van der Waals surface area contributed by atoms with Crippen molar-refractivity contribution in [3.05, 3.63) is 22.9 Å². The topological polar surface area (TPSA) is 77.2 Å². The fourth-order valence-electron chi connectivity index (χ4n) is 2.26. The molecule has 0 radical (unpaired) electrons. The van der Waals surface area contributed by atoms with Gasteiger partial charge in [-0.25, -0.2) is 4.98 Å². The predicted molar refractivity (Wildman–Crippen MR) is 68.7 cm³/mol. The summed E-state index contributed by atoms with van der Waals surface area (Å²) in [4.78, 5) is 15.7. The molecule has 0 saturated carbocycles. The number of hydrogen-bond acceptors (Lipinski definition) is 4. The maximum absolute atomic E-state index is 11.4. The van der Waals surface area contributed by atoms with Crippen LogP contribution in [0.25, 0.3) is 0 Å². The average Bonchev–Trinajstić information content (AvgIpc) is 2.77. The minimum atomic E-state index is -0.487. The SMILES string of the molecule is Cc1cc(C)c(C(N)=O)c(OCC2CCNC2)n1. The molecule has 2 rings (SSSR count). The van der Waals surface area contributed by atoms with Crippen LogP contribution in [0.5, 0.6) is 5.88 Å². The van der Waals surface area contributed by atoms with Gasteiger partial charge in [0.25, 0.3) is 5.91 Å². The molecule has 0 spiro atoms. The van der Waals surface area contributed by atoms with Gasteiger partial charge >= 0.3 is 0 Å². The minimum absolute atomic E-state index is 0.368. The Hall–Kier alpha value is -1.62. The van der Waals surface area contributed by atoms with Gasteiger partial charge in [0.05, 0.1) is 6.61 Å². The number of aromatic nitrogens is 1. The van der Waals surface area contributed by atoms with Gasteiger partial charge in [0.15, 0.2) is 0 Å². The smallest absolute Gasteiger partial charge is 0.254 e. The molecule has 1 aromatic heterocycles. The summed E-state index contributed by atoms with van der Waals surface area (Å²) in [6, 6.07) is 1.84. The first-order valence-corrected chi connectivity index (χ1v) is 6.19. The minimum Gasteiger partial charge on any atom is -0.477 e. The molecule has 1 saturated heterocycles. The summed E-state index contributed by atoms with van der Waals surface area (Å²) in [5.74, 6) is 0.361. The maximum atomic E-state index is 11.4. The van der Waals surface area contributed by atoms with Gasteiger partial charge in [0.1, 0.15) is 5.56 Å². The standard InChI is InChI=1S/C13H19N3O2/c1-8-5-9(2)16-13(11(8)12(14)17)18-7-10-3-4-15-6-10/h5,10,15H,3-4,6-7H2,1-2H3,(H2,14,17). The number of aryl methyl sites for hydroxylation is 2. The number of carbonyl (C=O) groups excluding carboxylic acids is 1. The van der Waals surface area contributed by atoms with E-state index in [2.05, 4.69) is 10.3 Å². The van der Waals surface area contributed by atoms with Crippen molar-refractivity contribution >= 4 is 5.91 Å². The number of nitrogens with one attached hydrogen (secondary N) is 1. The van der Waals surface area contributed by atoms with Gasteiger partial charge in [0.2, 0.25) is 5.88 Å². The van der Waals surface area contributed by atoms with Crippen LogP contribution in [0, 0.1) is 19.8 Å². The summed E-state index contributed by atoms with van der Waals surface area (Å²) in [5.41, 5.74) is 7.42. The lowest BCUT2D eigenvalue weighted by Gasteiger charge is -2.14. The second kappa shape index (κ2) is 5.35. The number of nitrogens with zero attached hydrogens (tertiary/aromatic N) is 1. The molecule has 1 amide bonds. The Labute approximate surface area is 107 Å². The van der Waals surface area contributed by atoms with E-state index in [1.54, 1.807) is 0 Å². The third kappa shape index (κ3) is 2.79. The average molecular weight is 249 g/mol. The van der Waals surface area contributed by atoms with Crippen LogP contribution in [-0.2, 0) is 0 Å². The molecule has 1 aromatic rings. The molecule has 0 bridgehead atoms. The number of nitrogens with two attached hydrogens (primary N) is 1. The molecule has 0 aliphatic carbocycles. The first-order valence-electron chi connectivity index (χ1n) is 6.19. The van der Waals surface area contributed by atoms with E-state index in [4.69, 9.17) is 10.5 Å². The number of ether oxygens (including phenoxy) is 1. The van der Waals surface area contributed by atoms with Crippen LogP contribution in [-0.4, -0.2) is 30.6 Å². The normalized spacial score (nSPS) is 18.9. The highest BCUT2D eigenvalue weighted by atomic mass is 16.5. The summed E-state index contributed by atoms with van der Waals surface area (Å²) in [6.07, 6.45) is 1.09.